The maximum absolute atomic E-state index is 12.1. The van der Waals surface area contributed by atoms with Crippen LogP contribution in [0.15, 0.2) is 47.4 Å². The maximum Gasteiger partial charge on any atom is 0.213 e. The highest BCUT2D eigenvalue weighted by Gasteiger charge is 2.12. The Bertz CT molecular complexity index is 634. The number of benzene rings is 1. The van der Waals surface area contributed by atoms with Gasteiger partial charge in [0.2, 0.25) is 5.78 Å². The largest absolute Gasteiger partial charge is 0.497 e. The Balaban J connectivity index is 2.28. The molecule has 0 aliphatic carbocycles. The molecule has 0 spiro atoms. The molecule has 0 bridgehead atoms. The summed E-state index contributed by atoms with van der Waals surface area (Å²) in [4.78, 5) is 12.6. The summed E-state index contributed by atoms with van der Waals surface area (Å²) in [6.07, 6.45) is 1.58. The zero-order valence-corrected chi connectivity index (χ0v) is 11.1. The zero-order valence-electron chi connectivity index (χ0n) is 10.3. The van der Waals surface area contributed by atoms with Crippen molar-refractivity contribution in [1.82, 2.24) is 0 Å². The second kappa shape index (κ2) is 5.98. The predicted octanol–water partition coefficient (Wildman–Crippen LogP) is 3.55. The third-order valence-corrected chi connectivity index (χ3v) is 3.41. The van der Waals surface area contributed by atoms with Crippen molar-refractivity contribution < 1.29 is 9.53 Å². The number of nitrogens with zero attached hydrogens (tertiary/aromatic N) is 1. The highest BCUT2D eigenvalue weighted by atomic mass is 32.1. The number of carbonyl (C=O) groups is 1. The lowest BCUT2D eigenvalue weighted by molar-refractivity contribution is 0.104. The number of rotatable bonds is 4. The van der Waals surface area contributed by atoms with Gasteiger partial charge < -0.3 is 4.74 Å². The lowest BCUT2D eigenvalue weighted by Gasteiger charge is -2.00. The van der Waals surface area contributed by atoms with E-state index < -0.39 is 0 Å². The number of thiophene rings is 1. The van der Waals surface area contributed by atoms with Gasteiger partial charge in [0.25, 0.3) is 0 Å². The fraction of sp³-hybridized carbons (Fsp3) is 0.0667. The molecule has 0 N–H and O–H groups in total. The van der Waals surface area contributed by atoms with Gasteiger partial charge in [-0.25, -0.2) is 0 Å². The molecular weight excluding hydrogens is 258 g/mol. The second-order valence-electron chi connectivity index (χ2n) is 3.75. The summed E-state index contributed by atoms with van der Waals surface area (Å²) < 4.78 is 5.06. The van der Waals surface area contributed by atoms with E-state index in [2.05, 4.69) is 0 Å². The minimum Gasteiger partial charge on any atom is -0.497 e. The van der Waals surface area contributed by atoms with Gasteiger partial charge in [-0.15, -0.1) is 11.3 Å². The second-order valence-corrected chi connectivity index (χ2v) is 4.70. The van der Waals surface area contributed by atoms with Crippen LogP contribution in [0.1, 0.15) is 15.2 Å². The molecule has 0 radical (unpaired) electrons. The lowest BCUT2D eigenvalue weighted by Crippen LogP contribution is -1.98. The quantitative estimate of drug-likeness (QED) is 0.484. The topological polar surface area (TPSA) is 50.1 Å². The molecule has 0 saturated carbocycles. The van der Waals surface area contributed by atoms with Gasteiger partial charge in [-0.1, -0.05) is 18.2 Å². The first kappa shape index (κ1) is 13.1. The lowest BCUT2D eigenvalue weighted by atomic mass is 10.1. The maximum atomic E-state index is 12.1. The van der Waals surface area contributed by atoms with E-state index in [-0.39, 0.29) is 11.4 Å². The van der Waals surface area contributed by atoms with Crippen LogP contribution < -0.4 is 4.74 Å². The van der Waals surface area contributed by atoms with Crippen LogP contribution in [0.25, 0.3) is 6.08 Å². The standard InChI is InChI=1S/C15H11NO2S/c1-18-13-6-4-11(5-7-13)9-12(10-16)15(17)14-3-2-8-19-14/h2-9H,1H3/b12-9+. The van der Waals surface area contributed by atoms with Crippen LogP contribution in [0.3, 0.4) is 0 Å². The number of nitriles is 1. The molecular formula is C15H11NO2S. The number of carbonyl (C=O) groups excluding carboxylic acids is 1. The molecule has 0 fully saturated rings. The number of Topliss-reactive ketones (excluding diaryl/α,β-unsaturated/α-hetero) is 1. The highest BCUT2D eigenvalue weighted by Crippen LogP contribution is 2.18. The Hall–Kier alpha value is -2.38. The van der Waals surface area contributed by atoms with E-state index in [1.807, 2.05) is 11.4 Å². The van der Waals surface area contributed by atoms with E-state index in [9.17, 15) is 4.79 Å². The number of hydrogen-bond acceptors (Lipinski definition) is 4. The number of ketones is 1. The van der Waals surface area contributed by atoms with Crippen LogP contribution >= 0.6 is 11.3 Å². The van der Waals surface area contributed by atoms with Crippen LogP contribution in [-0.2, 0) is 0 Å². The van der Waals surface area contributed by atoms with E-state index in [1.165, 1.54) is 11.3 Å². The van der Waals surface area contributed by atoms with Crippen LogP contribution in [0.4, 0.5) is 0 Å². The molecule has 94 valence electrons. The van der Waals surface area contributed by atoms with Gasteiger partial charge in [0.05, 0.1) is 12.0 Å². The zero-order chi connectivity index (χ0) is 13.7. The summed E-state index contributed by atoms with van der Waals surface area (Å²) in [6.45, 7) is 0. The van der Waals surface area contributed by atoms with Crippen molar-refractivity contribution in [2.45, 2.75) is 0 Å². The molecule has 0 saturated heterocycles. The molecule has 2 rings (SSSR count). The van der Waals surface area contributed by atoms with Crippen LogP contribution in [0.2, 0.25) is 0 Å². The van der Waals surface area contributed by atoms with E-state index >= 15 is 0 Å². The van der Waals surface area contributed by atoms with Crippen LogP contribution in [0.5, 0.6) is 5.75 Å². The fourth-order valence-electron chi connectivity index (χ4n) is 1.56. The monoisotopic (exact) mass is 269 g/mol. The Morgan fingerprint density at radius 2 is 2.05 bits per heavy atom. The van der Waals surface area contributed by atoms with E-state index in [4.69, 9.17) is 10.00 Å². The molecule has 0 amide bonds. The van der Waals surface area contributed by atoms with Crippen molar-refractivity contribution >= 4 is 23.2 Å². The molecule has 0 aliphatic heterocycles. The highest BCUT2D eigenvalue weighted by molar-refractivity contribution is 7.12. The third-order valence-electron chi connectivity index (χ3n) is 2.54. The van der Waals surface area contributed by atoms with E-state index in [1.54, 1.807) is 49.6 Å². The first-order valence-electron chi connectivity index (χ1n) is 5.58. The molecule has 2 aromatic rings. The predicted molar refractivity (Wildman–Crippen MR) is 75.2 cm³/mol. The minimum absolute atomic E-state index is 0.132. The van der Waals surface area contributed by atoms with Gasteiger partial charge in [0.1, 0.15) is 17.4 Å². The molecule has 0 aliphatic rings. The molecule has 4 heteroatoms. The molecule has 1 heterocycles. The molecule has 0 unspecified atom stereocenters. The summed E-state index contributed by atoms with van der Waals surface area (Å²) in [5.74, 6) is 0.494. The van der Waals surface area contributed by atoms with Gasteiger partial charge in [-0.3, -0.25) is 4.79 Å². The Kier molecular flexibility index (Phi) is 4.11. The fourth-order valence-corrected chi connectivity index (χ4v) is 2.23. The summed E-state index contributed by atoms with van der Waals surface area (Å²) in [7, 11) is 1.59. The number of hydrogen-bond donors (Lipinski definition) is 0. The van der Waals surface area contributed by atoms with Gasteiger partial charge in [-0.05, 0) is 35.2 Å². The average Bonchev–Trinajstić information content (AvgIpc) is 2.99. The molecule has 19 heavy (non-hydrogen) atoms. The van der Waals surface area contributed by atoms with Gasteiger partial charge in [0, 0.05) is 0 Å². The van der Waals surface area contributed by atoms with Crippen molar-refractivity contribution in [3.63, 3.8) is 0 Å². The van der Waals surface area contributed by atoms with E-state index in [0.29, 0.717) is 4.88 Å². The average molecular weight is 269 g/mol. The minimum atomic E-state index is -0.242. The van der Waals surface area contributed by atoms with Crippen molar-refractivity contribution in [3.8, 4) is 11.8 Å². The van der Waals surface area contributed by atoms with Gasteiger partial charge in [-0.2, -0.15) is 5.26 Å². The van der Waals surface area contributed by atoms with Crippen molar-refractivity contribution in [2.24, 2.45) is 0 Å². The first-order chi connectivity index (χ1) is 9.24. The van der Waals surface area contributed by atoms with Gasteiger partial charge in [0.15, 0.2) is 0 Å². The number of ether oxygens (including phenoxy) is 1. The Morgan fingerprint density at radius 1 is 1.32 bits per heavy atom. The summed E-state index contributed by atoms with van der Waals surface area (Å²) >= 11 is 1.33. The number of allylic oxidation sites excluding steroid dienone is 1. The molecule has 1 aromatic carbocycles. The van der Waals surface area contributed by atoms with Crippen LogP contribution in [-0.4, -0.2) is 12.9 Å². The van der Waals surface area contributed by atoms with Crippen LogP contribution in [0, 0.1) is 11.3 Å². The molecule has 1 aromatic heterocycles. The third kappa shape index (κ3) is 3.09. The number of methoxy groups -OCH3 is 1. The normalized spacial score (nSPS) is 10.8. The summed E-state index contributed by atoms with van der Waals surface area (Å²) in [6, 6.07) is 12.6. The first-order valence-corrected chi connectivity index (χ1v) is 6.46. The molecule has 3 nitrogen and oxygen atoms in total. The SMILES string of the molecule is COc1ccc(/C=C(\C#N)C(=O)c2cccs2)cc1. The summed E-state index contributed by atoms with van der Waals surface area (Å²) in [5, 5.41) is 10.9. The summed E-state index contributed by atoms with van der Waals surface area (Å²) in [5.41, 5.74) is 0.926. The van der Waals surface area contributed by atoms with Gasteiger partial charge >= 0.3 is 0 Å². The Morgan fingerprint density at radius 3 is 2.58 bits per heavy atom. The van der Waals surface area contributed by atoms with E-state index in [0.717, 1.165) is 11.3 Å². The molecule has 0 atom stereocenters. The Labute approximate surface area is 115 Å². The van der Waals surface area contributed by atoms with Crippen molar-refractivity contribution in [2.75, 3.05) is 7.11 Å². The smallest absolute Gasteiger partial charge is 0.213 e. The van der Waals surface area contributed by atoms with Crippen molar-refractivity contribution in [3.05, 3.63) is 57.8 Å². The van der Waals surface area contributed by atoms with Crippen molar-refractivity contribution in [1.29, 1.82) is 5.26 Å².